The van der Waals surface area contributed by atoms with Gasteiger partial charge in [0.15, 0.2) is 6.10 Å². The Morgan fingerprint density at radius 3 is 0.953 bits per heavy atom. The molecular formula is C58H104O6. The standard InChI is InChI=1S/C58H104O6/c1-4-7-10-13-16-19-22-25-27-28-29-30-31-34-36-39-42-45-48-51-57(60)63-54-55(53-62-56(59)50-47-44-41-38-35-32-24-21-18-15-12-9-6-3)64-58(61)52-49-46-43-40-37-33-26-23-20-17-14-11-8-5-2/h7,10,16,19,25,27,29-30,55H,4-6,8-9,11-15,17-18,20-24,26,28,31-54H2,1-3H3/b10-7-,19-16-,27-25-,30-29-. The van der Waals surface area contributed by atoms with E-state index in [0.717, 1.165) is 89.9 Å². The molecule has 0 heterocycles. The minimum absolute atomic E-state index is 0.0735. The number of rotatable bonds is 50. The van der Waals surface area contributed by atoms with Crippen molar-refractivity contribution in [1.82, 2.24) is 0 Å². The third-order valence-corrected chi connectivity index (χ3v) is 12.1. The first-order valence-corrected chi connectivity index (χ1v) is 27.6. The van der Waals surface area contributed by atoms with E-state index in [1.165, 1.54) is 154 Å². The predicted molar refractivity (Wildman–Crippen MR) is 275 cm³/mol. The summed E-state index contributed by atoms with van der Waals surface area (Å²) in [5.74, 6) is -0.874. The van der Waals surface area contributed by atoms with Crippen molar-refractivity contribution in [3.05, 3.63) is 48.6 Å². The van der Waals surface area contributed by atoms with Gasteiger partial charge in [-0.05, 0) is 57.8 Å². The van der Waals surface area contributed by atoms with Crippen LogP contribution < -0.4 is 0 Å². The van der Waals surface area contributed by atoms with Gasteiger partial charge in [-0.1, -0.05) is 256 Å². The Morgan fingerprint density at radius 1 is 0.328 bits per heavy atom. The molecule has 0 radical (unpaired) electrons. The molecule has 0 saturated heterocycles. The molecule has 0 aromatic rings. The van der Waals surface area contributed by atoms with Gasteiger partial charge in [-0.2, -0.15) is 0 Å². The van der Waals surface area contributed by atoms with Crippen molar-refractivity contribution in [1.29, 1.82) is 0 Å². The van der Waals surface area contributed by atoms with Gasteiger partial charge in [0.05, 0.1) is 0 Å². The second-order valence-corrected chi connectivity index (χ2v) is 18.5. The summed E-state index contributed by atoms with van der Waals surface area (Å²) in [6, 6.07) is 0. The van der Waals surface area contributed by atoms with Crippen LogP contribution in [0.4, 0.5) is 0 Å². The van der Waals surface area contributed by atoms with Crippen LogP contribution in [0.3, 0.4) is 0 Å². The average Bonchev–Trinajstić information content (AvgIpc) is 3.29. The number of unbranched alkanes of at least 4 members (excludes halogenated alkanes) is 31. The van der Waals surface area contributed by atoms with E-state index in [4.69, 9.17) is 14.2 Å². The van der Waals surface area contributed by atoms with Crippen molar-refractivity contribution in [2.75, 3.05) is 13.2 Å². The number of carbonyl (C=O) groups excluding carboxylic acids is 3. The van der Waals surface area contributed by atoms with Crippen molar-refractivity contribution < 1.29 is 28.6 Å². The Morgan fingerprint density at radius 2 is 0.609 bits per heavy atom. The van der Waals surface area contributed by atoms with Gasteiger partial charge in [0.2, 0.25) is 0 Å². The van der Waals surface area contributed by atoms with Crippen molar-refractivity contribution in [3.8, 4) is 0 Å². The first kappa shape index (κ1) is 61.4. The second-order valence-electron chi connectivity index (χ2n) is 18.5. The summed E-state index contributed by atoms with van der Waals surface area (Å²) < 4.78 is 16.8. The summed E-state index contributed by atoms with van der Waals surface area (Å²) in [4.78, 5) is 38.1. The molecule has 0 aliphatic carbocycles. The molecule has 0 spiro atoms. The van der Waals surface area contributed by atoms with Gasteiger partial charge in [-0.3, -0.25) is 14.4 Å². The Bertz CT molecular complexity index is 1120. The quantitative estimate of drug-likeness (QED) is 0.0262. The van der Waals surface area contributed by atoms with Crippen molar-refractivity contribution in [2.24, 2.45) is 0 Å². The molecule has 1 atom stereocenters. The van der Waals surface area contributed by atoms with Crippen LogP contribution in [-0.2, 0) is 28.6 Å². The van der Waals surface area contributed by atoms with Crippen LogP contribution in [0, 0.1) is 0 Å². The number of esters is 3. The molecule has 6 nitrogen and oxygen atoms in total. The maximum Gasteiger partial charge on any atom is 0.306 e. The fourth-order valence-electron chi connectivity index (χ4n) is 7.96. The Hall–Kier alpha value is -2.63. The van der Waals surface area contributed by atoms with Crippen LogP contribution in [0.2, 0.25) is 0 Å². The molecule has 6 heteroatoms. The summed E-state index contributed by atoms with van der Waals surface area (Å²) >= 11 is 0. The Balaban J connectivity index is 4.35. The van der Waals surface area contributed by atoms with E-state index in [-0.39, 0.29) is 31.1 Å². The van der Waals surface area contributed by atoms with Gasteiger partial charge < -0.3 is 14.2 Å². The van der Waals surface area contributed by atoms with Gasteiger partial charge >= 0.3 is 17.9 Å². The molecule has 0 aliphatic heterocycles. The normalized spacial score (nSPS) is 12.4. The molecule has 0 aromatic carbocycles. The average molecular weight is 897 g/mol. The lowest BCUT2D eigenvalue weighted by atomic mass is 10.0. The largest absolute Gasteiger partial charge is 0.462 e. The number of hydrogen-bond donors (Lipinski definition) is 0. The maximum atomic E-state index is 12.8. The SMILES string of the molecule is CC/C=C\C/C=C\C/C=C\C/C=C\CCCCCCCCC(=O)OCC(COC(=O)CCCCCCCCCCCCCCC)OC(=O)CCCCCCCCCCCCCCCC. The summed E-state index contributed by atoms with van der Waals surface area (Å²) in [5, 5.41) is 0. The van der Waals surface area contributed by atoms with Crippen LogP contribution in [0.15, 0.2) is 48.6 Å². The van der Waals surface area contributed by atoms with Gasteiger partial charge in [0.1, 0.15) is 13.2 Å². The topological polar surface area (TPSA) is 78.9 Å². The number of ether oxygens (including phenoxy) is 3. The summed E-state index contributed by atoms with van der Waals surface area (Å²) in [5.41, 5.74) is 0. The van der Waals surface area contributed by atoms with E-state index in [9.17, 15) is 14.4 Å². The molecule has 0 fully saturated rings. The van der Waals surface area contributed by atoms with E-state index < -0.39 is 6.10 Å². The van der Waals surface area contributed by atoms with Crippen molar-refractivity contribution in [3.63, 3.8) is 0 Å². The third-order valence-electron chi connectivity index (χ3n) is 12.1. The summed E-state index contributed by atoms with van der Waals surface area (Å²) in [6.07, 6.45) is 63.8. The lowest BCUT2D eigenvalue weighted by molar-refractivity contribution is -0.167. The smallest absolute Gasteiger partial charge is 0.306 e. The highest BCUT2D eigenvalue weighted by atomic mass is 16.6. The highest BCUT2D eigenvalue weighted by Crippen LogP contribution is 2.16. The maximum absolute atomic E-state index is 12.8. The van der Waals surface area contributed by atoms with Gasteiger partial charge in [0, 0.05) is 19.3 Å². The molecule has 0 bridgehead atoms. The molecule has 1 unspecified atom stereocenters. The van der Waals surface area contributed by atoms with E-state index in [1.54, 1.807) is 0 Å². The van der Waals surface area contributed by atoms with E-state index in [2.05, 4.69) is 69.4 Å². The van der Waals surface area contributed by atoms with Crippen molar-refractivity contribution in [2.45, 2.75) is 290 Å². The van der Waals surface area contributed by atoms with Gasteiger partial charge in [-0.25, -0.2) is 0 Å². The number of allylic oxidation sites excluding steroid dienone is 8. The molecule has 0 aromatic heterocycles. The lowest BCUT2D eigenvalue weighted by Gasteiger charge is -2.18. The van der Waals surface area contributed by atoms with Crippen LogP contribution in [-0.4, -0.2) is 37.2 Å². The first-order chi connectivity index (χ1) is 31.5. The van der Waals surface area contributed by atoms with Gasteiger partial charge in [0.25, 0.3) is 0 Å². The van der Waals surface area contributed by atoms with Gasteiger partial charge in [-0.15, -0.1) is 0 Å². The zero-order valence-corrected chi connectivity index (χ0v) is 42.6. The van der Waals surface area contributed by atoms with Crippen LogP contribution >= 0.6 is 0 Å². The molecule has 0 aliphatic rings. The Labute approximate surface area is 397 Å². The summed E-state index contributed by atoms with van der Waals surface area (Å²) in [7, 11) is 0. The zero-order valence-electron chi connectivity index (χ0n) is 42.6. The molecule has 0 amide bonds. The molecule has 0 N–H and O–H groups in total. The zero-order chi connectivity index (χ0) is 46.5. The first-order valence-electron chi connectivity index (χ1n) is 27.6. The molecule has 0 saturated carbocycles. The second kappa shape index (κ2) is 53.0. The highest BCUT2D eigenvalue weighted by molar-refractivity contribution is 5.71. The van der Waals surface area contributed by atoms with Crippen molar-refractivity contribution >= 4 is 17.9 Å². The highest BCUT2D eigenvalue weighted by Gasteiger charge is 2.19. The van der Waals surface area contributed by atoms with E-state index in [1.807, 2.05) is 0 Å². The van der Waals surface area contributed by atoms with E-state index >= 15 is 0 Å². The Kier molecular flexibility index (Phi) is 50.8. The molecule has 372 valence electrons. The molecular weight excluding hydrogens is 793 g/mol. The minimum atomic E-state index is -0.774. The van der Waals surface area contributed by atoms with Crippen LogP contribution in [0.5, 0.6) is 0 Å². The molecule has 0 rings (SSSR count). The minimum Gasteiger partial charge on any atom is -0.462 e. The fraction of sp³-hybridized carbons (Fsp3) is 0.810. The monoisotopic (exact) mass is 897 g/mol. The number of carbonyl (C=O) groups is 3. The third kappa shape index (κ3) is 50.4. The lowest BCUT2D eigenvalue weighted by Crippen LogP contribution is -2.30. The summed E-state index contributed by atoms with van der Waals surface area (Å²) in [6.45, 7) is 6.54. The van der Waals surface area contributed by atoms with E-state index in [0.29, 0.717) is 19.3 Å². The molecule has 64 heavy (non-hydrogen) atoms. The fourth-order valence-corrected chi connectivity index (χ4v) is 7.96. The van der Waals surface area contributed by atoms with Crippen LogP contribution in [0.25, 0.3) is 0 Å². The van der Waals surface area contributed by atoms with Crippen LogP contribution in [0.1, 0.15) is 284 Å². The predicted octanol–water partition coefficient (Wildman–Crippen LogP) is 18.3. The number of hydrogen-bond acceptors (Lipinski definition) is 6.